The van der Waals surface area contributed by atoms with Gasteiger partial charge in [-0.15, -0.1) is 0 Å². The summed E-state index contributed by atoms with van der Waals surface area (Å²) in [5, 5.41) is 19.6. The fourth-order valence-corrected chi connectivity index (χ4v) is 2.56. The van der Waals surface area contributed by atoms with Crippen molar-refractivity contribution in [2.24, 2.45) is 5.92 Å². The number of rotatable bonds is 0. The van der Waals surface area contributed by atoms with Crippen LogP contribution in [0.2, 0.25) is 0 Å². The van der Waals surface area contributed by atoms with Gasteiger partial charge in [-0.25, -0.2) is 0 Å². The van der Waals surface area contributed by atoms with E-state index in [-0.39, 0.29) is 11.7 Å². The first-order valence-electron chi connectivity index (χ1n) is 5.08. The lowest BCUT2D eigenvalue weighted by Crippen LogP contribution is -2.54. The highest BCUT2D eigenvalue weighted by molar-refractivity contribution is 5.87. The predicted molar refractivity (Wildman–Crippen MR) is 47.2 cm³/mol. The average Bonchev–Trinajstić information content (AvgIpc) is 2.08. The molecule has 0 heterocycles. The Morgan fingerprint density at radius 2 is 2.00 bits per heavy atom. The molecule has 13 heavy (non-hydrogen) atoms. The van der Waals surface area contributed by atoms with Gasteiger partial charge >= 0.3 is 0 Å². The number of aliphatic hydroxyl groups excluding tert-OH is 1. The first kappa shape index (κ1) is 9.16. The molecule has 3 saturated carbocycles. The van der Waals surface area contributed by atoms with Gasteiger partial charge in [0, 0.05) is 5.92 Å². The molecule has 3 heteroatoms. The molecule has 2 N–H and O–H groups in total. The Morgan fingerprint density at radius 3 is 2.77 bits per heavy atom. The largest absolute Gasteiger partial charge is 0.387 e. The van der Waals surface area contributed by atoms with E-state index < -0.39 is 11.7 Å². The van der Waals surface area contributed by atoms with Crippen LogP contribution in [0.1, 0.15) is 38.5 Å². The van der Waals surface area contributed by atoms with Crippen LogP contribution >= 0.6 is 0 Å². The minimum Gasteiger partial charge on any atom is -0.387 e. The van der Waals surface area contributed by atoms with Crippen molar-refractivity contribution in [2.45, 2.75) is 50.2 Å². The lowest BCUT2D eigenvalue weighted by Gasteiger charge is -2.41. The van der Waals surface area contributed by atoms with E-state index in [0.29, 0.717) is 12.8 Å². The number of ketones is 1. The van der Waals surface area contributed by atoms with Gasteiger partial charge in [-0.2, -0.15) is 0 Å². The molecule has 3 nitrogen and oxygen atoms in total. The van der Waals surface area contributed by atoms with Gasteiger partial charge in [-0.3, -0.25) is 4.79 Å². The van der Waals surface area contributed by atoms with Crippen molar-refractivity contribution in [1.29, 1.82) is 0 Å². The lowest BCUT2D eigenvalue weighted by molar-refractivity contribution is -0.161. The van der Waals surface area contributed by atoms with Crippen molar-refractivity contribution >= 4 is 5.78 Å². The zero-order valence-electron chi connectivity index (χ0n) is 7.70. The van der Waals surface area contributed by atoms with Gasteiger partial charge in [0.1, 0.15) is 6.10 Å². The molecule has 2 bridgehead atoms. The van der Waals surface area contributed by atoms with Crippen LogP contribution in [-0.4, -0.2) is 27.7 Å². The molecule has 0 radical (unpaired) electrons. The molecule has 0 aromatic heterocycles. The first-order valence-corrected chi connectivity index (χ1v) is 5.08. The highest BCUT2D eigenvalue weighted by Gasteiger charge is 2.47. The molecule has 0 aliphatic heterocycles. The fourth-order valence-electron chi connectivity index (χ4n) is 2.56. The molecular weight excluding hydrogens is 168 g/mol. The first-order chi connectivity index (χ1) is 6.13. The Morgan fingerprint density at radius 1 is 1.23 bits per heavy atom. The van der Waals surface area contributed by atoms with Crippen LogP contribution in [0.25, 0.3) is 0 Å². The van der Waals surface area contributed by atoms with Gasteiger partial charge < -0.3 is 10.2 Å². The van der Waals surface area contributed by atoms with Crippen molar-refractivity contribution in [3.05, 3.63) is 0 Å². The van der Waals surface area contributed by atoms with Crippen molar-refractivity contribution in [1.82, 2.24) is 0 Å². The molecule has 0 aromatic rings. The maximum absolute atomic E-state index is 11.6. The van der Waals surface area contributed by atoms with E-state index in [2.05, 4.69) is 0 Å². The number of hydrogen-bond acceptors (Lipinski definition) is 3. The van der Waals surface area contributed by atoms with E-state index in [1.165, 1.54) is 0 Å². The van der Waals surface area contributed by atoms with Crippen LogP contribution < -0.4 is 0 Å². The highest BCUT2D eigenvalue weighted by Crippen LogP contribution is 2.38. The number of carbonyl (C=O) groups excluding carboxylic acids is 1. The summed E-state index contributed by atoms with van der Waals surface area (Å²) in [7, 11) is 0. The number of aliphatic hydroxyl groups is 2. The van der Waals surface area contributed by atoms with E-state index in [9.17, 15) is 15.0 Å². The molecule has 3 fully saturated rings. The molecule has 3 atom stereocenters. The second-order valence-electron chi connectivity index (χ2n) is 4.39. The predicted octanol–water partition coefficient (Wildman–Crippen LogP) is 0.631. The summed E-state index contributed by atoms with van der Waals surface area (Å²) in [6.45, 7) is 0. The van der Waals surface area contributed by atoms with Gasteiger partial charge in [-0.1, -0.05) is 12.8 Å². The zero-order valence-corrected chi connectivity index (χ0v) is 7.70. The molecule has 0 saturated heterocycles. The molecule has 3 rings (SSSR count). The third-order valence-corrected chi connectivity index (χ3v) is 3.52. The standard InChI is InChI=1S/C10H16O3/c11-8-7-3-1-2-5-10(13,6-4-7)9(8)12/h7,9,12-13H,1-6H2. The number of fused-ring (bicyclic) bond motifs is 5. The minimum absolute atomic E-state index is 0.00979. The van der Waals surface area contributed by atoms with Gasteiger partial charge in [0.2, 0.25) is 0 Å². The Labute approximate surface area is 77.8 Å². The molecule has 3 aliphatic carbocycles. The van der Waals surface area contributed by atoms with Gasteiger partial charge in [0.15, 0.2) is 5.78 Å². The normalized spacial score (nSPS) is 45.8. The van der Waals surface area contributed by atoms with E-state index in [1.54, 1.807) is 0 Å². The number of carbonyl (C=O) groups is 1. The topological polar surface area (TPSA) is 57.5 Å². The summed E-state index contributed by atoms with van der Waals surface area (Å²) in [5.41, 5.74) is -1.10. The summed E-state index contributed by atoms with van der Waals surface area (Å²) in [6, 6.07) is 0. The van der Waals surface area contributed by atoms with Crippen LogP contribution in [0.4, 0.5) is 0 Å². The summed E-state index contributed by atoms with van der Waals surface area (Å²) >= 11 is 0. The van der Waals surface area contributed by atoms with Crippen LogP contribution in [0.3, 0.4) is 0 Å². The average molecular weight is 184 g/mol. The molecule has 74 valence electrons. The Balaban J connectivity index is 2.25. The fraction of sp³-hybridized carbons (Fsp3) is 0.900. The lowest BCUT2D eigenvalue weighted by atomic mass is 9.69. The van der Waals surface area contributed by atoms with Crippen LogP contribution in [0.15, 0.2) is 0 Å². The molecule has 0 amide bonds. The Kier molecular flexibility index (Phi) is 2.16. The van der Waals surface area contributed by atoms with Crippen molar-refractivity contribution in [3.63, 3.8) is 0 Å². The maximum Gasteiger partial charge on any atom is 0.167 e. The van der Waals surface area contributed by atoms with Crippen molar-refractivity contribution in [3.8, 4) is 0 Å². The number of Topliss-reactive ketones (excluding diaryl/α,β-unsaturated/α-hetero) is 1. The van der Waals surface area contributed by atoms with E-state index >= 15 is 0 Å². The zero-order chi connectivity index (χ0) is 9.47. The van der Waals surface area contributed by atoms with Crippen LogP contribution in [0, 0.1) is 5.92 Å². The van der Waals surface area contributed by atoms with Gasteiger partial charge in [0.25, 0.3) is 0 Å². The molecule has 0 spiro atoms. The minimum atomic E-state index is -1.12. The SMILES string of the molecule is O=C1C2CCCCC(O)(CC2)C1O. The molecular formula is C10H16O3. The third-order valence-electron chi connectivity index (χ3n) is 3.52. The van der Waals surface area contributed by atoms with Crippen molar-refractivity contribution < 1.29 is 15.0 Å². The van der Waals surface area contributed by atoms with Crippen LogP contribution in [0.5, 0.6) is 0 Å². The Hall–Kier alpha value is -0.410. The van der Waals surface area contributed by atoms with Crippen LogP contribution in [-0.2, 0) is 4.79 Å². The third kappa shape index (κ3) is 1.40. The summed E-state index contributed by atoms with van der Waals surface area (Å²) in [5.74, 6) is -0.121. The highest BCUT2D eigenvalue weighted by atomic mass is 16.3. The summed E-state index contributed by atoms with van der Waals surface area (Å²) < 4.78 is 0. The van der Waals surface area contributed by atoms with E-state index in [0.717, 1.165) is 25.7 Å². The molecule has 3 unspecified atom stereocenters. The smallest absolute Gasteiger partial charge is 0.167 e. The summed E-state index contributed by atoms with van der Waals surface area (Å²) in [4.78, 5) is 11.6. The number of hydrogen-bond donors (Lipinski definition) is 2. The maximum atomic E-state index is 11.6. The van der Waals surface area contributed by atoms with Gasteiger partial charge in [-0.05, 0) is 25.7 Å². The second kappa shape index (κ2) is 3.07. The Bertz CT molecular complexity index is 222. The second-order valence-corrected chi connectivity index (χ2v) is 4.39. The molecule has 3 aliphatic rings. The quantitative estimate of drug-likeness (QED) is 0.580. The molecule has 0 aromatic carbocycles. The summed E-state index contributed by atoms with van der Waals surface area (Å²) in [6.07, 6.45) is 3.63. The van der Waals surface area contributed by atoms with Crippen molar-refractivity contribution in [2.75, 3.05) is 0 Å². The monoisotopic (exact) mass is 184 g/mol. The van der Waals surface area contributed by atoms with E-state index in [4.69, 9.17) is 0 Å². The van der Waals surface area contributed by atoms with Gasteiger partial charge in [0.05, 0.1) is 5.60 Å². The van der Waals surface area contributed by atoms with E-state index in [1.807, 2.05) is 0 Å².